The lowest BCUT2D eigenvalue weighted by molar-refractivity contribution is -0.122. The summed E-state index contributed by atoms with van der Waals surface area (Å²) in [6.07, 6.45) is 1.11. The van der Waals surface area contributed by atoms with E-state index in [4.69, 9.17) is 9.05 Å². The molecule has 0 bridgehead atoms. The van der Waals surface area contributed by atoms with Crippen LogP contribution >= 0.6 is 7.60 Å². The number of rotatable bonds is 7. The molecule has 1 amide bonds. The number of aryl methyl sites for hydroxylation is 1. The standard InChI is InChI=1S/C18H21N2O6P/c1-4-25-27(24,26-5-2)17-13(9-19)18(23)20-10-14(17)16(22)12-8-11(3)6-7-15(12)21/h6-8,10,13,17,21H,4-5H2,1-3H3,(H,20,23). The molecule has 9 heteroatoms. The number of phenolic OH excluding ortho intramolecular Hbond substituents is 1. The average Bonchev–Trinajstić information content (AvgIpc) is 2.63. The summed E-state index contributed by atoms with van der Waals surface area (Å²) in [7, 11) is -4.02. The van der Waals surface area contributed by atoms with E-state index in [9.17, 15) is 24.5 Å². The number of nitrogens with zero attached hydrogens (tertiary/aromatic N) is 1. The second kappa shape index (κ2) is 8.49. The van der Waals surface area contributed by atoms with Crippen LogP contribution in [0.1, 0.15) is 29.8 Å². The summed E-state index contributed by atoms with van der Waals surface area (Å²) < 4.78 is 24.0. The predicted octanol–water partition coefficient (Wildman–Crippen LogP) is 2.67. The minimum absolute atomic E-state index is 0.00467. The van der Waals surface area contributed by atoms with E-state index in [-0.39, 0.29) is 30.1 Å². The van der Waals surface area contributed by atoms with Crippen molar-refractivity contribution in [3.8, 4) is 11.8 Å². The molecule has 2 unspecified atom stereocenters. The summed E-state index contributed by atoms with van der Waals surface area (Å²) in [5.41, 5.74) is -0.822. The Bertz CT molecular complexity index is 863. The summed E-state index contributed by atoms with van der Waals surface area (Å²) in [5.74, 6) is -3.07. The Morgan fingerprint density at radius 1 is 1.33 bits per heavy atom. The summed E-state index contributed by atoms with van der Waals surface area (Å²) in [6.45, 7) is 4.94. The first kappa shape index (κ1) is 20.8. The number of nitrogens with one attached hydrogen (secondary N) is 1. The van der Waals surface area contributed by atoms with Crippen LogP contribution in [0.2, 0.25) is 0 Å². The molecule has 0 spiro atoms. The van der Waals surface area contributed by atoms with E-state index in [1.807, 2.05) is 0 Å². The molecule has 0 aliphatic carbocycles. The van der Waals surface area contributed by atoms with Crippen LogP contribution in [0.5, 0.6) is 5.75 Å². The number of Topliss-reactive ketones (excluding diaryl/α,β-unsaturated/α-hetero) is 1. The quantitative estimate of drug-likeness (QED) is 0.540. The zero-order valence-electron chi connectivity index (χ0n) is 15.3. The molecular weight excluding hydrogens is 371 g/mol. The minimum Gasteiger partial charge on any atom is -0.507 e. The molecule has 2 rings (SSSR count). The molecule has 144 valence electrons. The first-order chi connectivity index (χ1) is 12.8. The van der Waals surface area contributed by atoms with Gasteiger partial charge in [0.05, 0.1) is 24.8 Å². The lowest BCUT2D eigenvalue weighted by atomic mass is 9.90. The van der Waals surface area contributed by atoms with Crippen LogP contribution in [0.25, 0.3) is 0 Å². The second-order valence-corrected chi connectivity index (χ2v) is 8.04. The summed E-state index contributed by atoms with van der Waals surface area (Å²) in [4.78, 5) is 25.2. The molecule has 0 aromatic heterocycles. The first-order valence-electron chi connectivity index (χ1n) is 8.42. The van der Waals surface area contributed by atoms with Crippen LogP contribution in [0, 0.1) is 24.2 Å². The van der Waals surface area contributed by atoms with Gasteiger partial charge >= 0.3 is 7.60 Å². The number of hydrogen-bond acceptors (Lipinski definition) is 7. The number of phenols is 1. The molecule has 2 atom stereocenters. The number of ketones is 1. The van der Waals surface area contributed by atoms with E-state index in [1.165, 1.54) is 12.1 Å². The predicted molar refractivity (Wildman–Crippen MR) is 97.1 cm³/mol. The summed E-state index contributed by atoms with van der Waals surface area (Å²) in [6, 6.07) is 6.26. The molecule has 1 aliphatic rings. The zero-order valence-corrected chi connectivity index (χ0v) is 16.2. The molecule has 8 nitrogen and oxygen atoms in total. The van der Waals surface area contributed by atoms with Crippen molar-refractivity contribution in [2.45, 2.75) is 26.4 Å². The number of amides is 1. The lowest BCUT2D eigenvalue weighted by Gasteiger charge is -2.32. The fraction of sp³-hybridized carbons (Fsp3) is 0.389. The number of carbonyl (C=O) groups excluding carboxylic acids is 2. The largest absolute Gasteiger partial charge is 0.507 e. The Morgan fingerprint density at radius 2 is 1.96 bits per heavy atom. The average molecular weight is 392 g/mol. The molecule has 27 heavy (non-hydrogen) atoms. The Hall–Kier alpha value is -2.46. The van der Waals surface area contributed by atoms with Crippen LogP contribution in [-0.4, -0.2) is 35.7 Å². The highest BCUT2D eigenvalue weighted by Gasteiger charge is 2.50. The van der Waals surface area contributed by atoms with Gasteiger partial charge in [-0.2, -0.15) is 5.26 Å². The smallest absolute Gasteiger partial charge is 0.340 e. The molecule has 0 saturated heterocycles. The van der Waals surface area contributed by atoms with Crippen molar-refractivity contribution in [2.75, 3.05) is 13.2 Å². The molecule has 1 aromatic carbocycles. The number of benzene rings is 1. The van der Waals surface area contributed by atoms with E-state index in [0.717, 1.165) is 11.8 Å². The van der Waals surface area contributed by atoms with Gasteiger partial charge in [0.1, 0.15) is 17.3 Å². The Balaban J connectivity index is 2.62. The van der Waals surface area contributed by atoms with Crippen molar-refractivity contribution in [3.63, 3.8) is 0 Å². The maximum Gasteiger partial charge on any atom is 0.340 e. The summed E-state index contributed by atoms with van der Waals surface area (Å²) >= 11 is 0. The highest BCUT2D eigenvalue weighted by molar-refractivity contribution is 7.55. The number of allylic oxidation sites excluding steroid dienone is 1. The van der Waals surface area contributed by atoms with Crippen molar-refractivity contribution in [3.05, 3.63) is 41.1 Å². The van der Waals surface area contributed by atoms with Crippen LogP contribution in [0.3, 0.4) is 0 Å². The maximum atomic E-state index is 13.4. The lowest BCUT2D eigenvalue weighted by Crippen LogP contribution is -2.43. The van der Waals surface area contributed by atoms with E-state index < -0.39 is 30.9 Å². The van der Waals surface area contributed by atoms with Gasteiger partial charge in [-0.15, -0.1) is 0 Å². The van der Waals surface area contributed by atoms with Crippen molar-refractivity contribution < 1.29 is 28.3 Å². The van der Waals surface area contributed by atoms with Crippen LogP contribution in [-0.2, 0) is 18.4 Å². The number of nitriles is 1. The topological polar surface area (TPSA) is 126 Å². The fourth-order valence-corrected chi connectivity index (χ4v) is 5.09. The number of hydrogen-bond donors (Lipinski definition) is 2. The van der Waals surface area contributed by atoms with E-state index in [0.29, 0.717) is 0 Å². The third-order valence-corrected chi connectivity index (χ3v) is 6.54. The molecule has 1 aliphatic heterocycles. The highest BCUT2D eigenvalue weighted by atomic mass is 31.2. The number of carbonyl (C=O) groups is 2. The molecule has 2 N–H and O–H groups in total. The third-order valence-electron chi connectivity index (χ3n) is 4.04. The monoisotopic (exact) mass is 392 g/mol. The molecule has 0 saturated carbocycles. The first-order valence-corrected chi connectivity index (χ1v) is 10.0. The Labute approximate surface area is 157 Å². The number of aromatic hydroxyl groups is 1. The van der Waals surface area contributed by atoms with Crippen molar-refractivity contribution in [2.24, 2.45) is 5.92 Å². The van der Waals surface area contributed by atoms with Gasteiger partial charge in [0, 0.05) is 11.8 Å². The van der Waals surface area contributed by atoms with Crippen molar-refractivity contribution >= 4 is 19.3 Å². The van der Waals surface area contributed by atoms with Gasteiger partial charge in [0.25, 0.3) is 0 Å². The normalized spacial score (nSPS) is 19.8. The second-order valence-electron chi connectivity index (χ2n) is 5.88. The SMILES string of the molecule is CCOP(=O)(OCC)C1C(C(=O)c2cc(C)ccc2O)=CNC(=O)C1C#N. The van der Waals surface area contributed by atoms with E-state index in [1.54, 1.807) is 32.9 Å². The van der Waals surface area contributed by atoms with Crippen LogP contribution in [0.15, 0.2) is 30.0 Å². The van der Waals surface area contributed by atoms with Crippen molar-refractivity contribution in [1.82, 2.24) is 5.32 Å². The minimum atomic E-state index is -4.02. The summed E-state index contributed by atoms with van der Waals surface area (Å²) in [5, 5.41) is 21.9. The molecule has 1 aromatic rings. The fourth-order valence-electron chi connectivity index (χ4n) is 2.87. The van der Waals surface area contributed by atoms with Crippen LogP contribution < -0.4 is 5.32 Å². The van der Waals surface area contributed by atoms with Gasteiger partial charge in [0.2, 0.25) is 5.91 Å². The van der Waals surface area contributed by atoms with E-state index >= 15 is 0 Å². The molecule has 0 radical (unpaired) electrons. The van der Waals surface area contributed by atoms with Gasteiger partial charge < -0.3 is 19.5 Å². The van der Waals surface area contributed by atoms with Gasteiger partial charge in [-0.1, -0.05) is 11.6 Å². The Kier molecular flexibility index (Phi) is 6.55. The van der Waals surface area contributed by atoms with Crippen molar-refractivity contribution in [1.29, 1.82) is 5.26 Å². The van der Waals surface area contributed by atoms with Gasteiger partial charge in [-0.25, -0.2) is 0 Å². The van der Waals surface area contributed by atoms with Gasteiger partial charge in [0.15, 0.2) is 5.78 Å². The molecule has 1 heterocycles. The molecule has 0 fully saturated rings. The van der Waals surface area contributed by atoms with E-state index in [2.05, 4.69) is 5.32 Å². The highest BCUT2D eigenvalue weighted by Crippen LogP contribution is 2.59. The Morgan fingerprint density at radius 3 is 2.52 bits per heavy atom. The van der Waals surface area contributed by atoms with Gasteiger partial charge in [-0.05, 0) is 32.9 Å². The third kappa shape index (κ3) is 4.11. The zero-order chi connectivity index (χ0) is 20.2. The van der Waals surface area contributed by atoms with Gasteiger partial charge in [-0.3, -0.25) is 14.2 Å². The molecular formula is C18H21N2O6P. The maximum absolute atomic E-state index is 13.4. The van der Waals surface area contributed by atoms with Crippen LogP contribution in [0.4, 0.5) is 0 Å².